The molecule has 0 spiro atoms. The van der Waals surface area contributed by atoms with Crippen molar-refractivity contribution in [3.05, 3.63) is 23.8 Å². The Morgan fingerprint density at radius 3 is 2.72 bits per heavy atom. The minimum Gasteiger partial charge on any atom is -0.463 e. The highest BCUT2D eigenvalue weighted by Gasteiger charge is 2.31. The molecule has 0 aliphatic carbocycles. The summed E-state index contributed by atoms with van der Waals surface area (Å²) in [6.45, 7) is 0.147. The second kappa shape index (κ2) is 7.81. The van der Waals surface area contributed by atoms with Crippen molar-refractivity contribution in [3.8, 4) is 0 Å². The lowest BCUT2D eigenvalue weighted by Gasteiger charge is -2.16. The van der Waals surface area contributed by atoms with Crippen molar-refractivity contribution in [2.24, 2.45) is 0 Å². The fourth-order valence-corrected chi connectivity index (χ4v) is 3.11. The number of benzene rings is 1. The van der Waals surface area contributed by atoms with Crippen LogP contribution in [0.5, 0.6) is 0 Å². The van der Waals surface area contributed by atoms with Crippen molar-refractivity contribution in [1.29, 1.82) is 0 Å². The number of hydrogen-bond acceptors (Lipinski definition) is 8. The molecular formula is C15H20N2O7S. The van der Waals surface area contributed by atoms with E-state index in [1.165, 1.54) is 32.3 Å². The summed E-state index contributed by atoms with van der Waals surface area (Å²) >= 11 is 0. The van der Waals surface area contributed by atoms with E-state index < -0.39 is 28.1 Å². The number of ether oxygens (including phenoxy) is 2. The number of nitrogens with zero attached hydrogens (tertiary/aromatic N) is 1. The molecule has 9 nitrogen and oxygen atoms in total. The summed E-state index contributed by atoms with van der Waals surface area (Å²) in [7, 11) is -1.00. The number of cyclic esters (lactones) is 1. The van der Waals surface area contributed by atoms with Crippen LogP contribution in [0.4, 0.5) is 5.69 Å². The minimum atomic E-state index is -3.75. The largest absolute Gasteiger partial charge is 0.463 e. The lowest BCUT2D eigenvalue weighted by atomic mass is 10.1. The molecule has 1 atom stereocenters. The molecule has 1 heterocycles. The van der Waals surface area contributed by atoms with Crippen LogP contribution in [-0.2, 0) is 24.3 Å². The van der Waals surface area contributed by atoms with Crippen LogP contribution in [0.3, 0.4) is 0 Å². The molecule has 1 aliphatic heterocycles. The van der Waals surface area contributed by atoms with Crippen molar-refractivity contribution in [2.75, 3.05) is 39.2 Å². The van der Waals surface area contributed by atoms with Gasteiger partial charge in [0.15, 0.2) is 0 Å². The van der Waals surface area contributed by atoms with E-state index in [-0.39, 0.29) is 36.6 Å². The summed E-state index contributed by atoms with van der Waals surface area (Å²) in [6.07, 6.45) is -0.757. The molecule has 1 aromatic rings. The smallest absolute Gasteiger partial charge is 0.347 e. The Bertz CT molecular complexity index is 761. The van der Waals surface area contributed by atoms with Crippen molar-refractivity contribution in [2.45, 2.75) is 17.4 Å². The topological polar surface area (TPSA) is 122 Å². The van der Waals surface area contributed by atoms with E-state index in [0.29, 0.717) is 5.69 Å². The first-order valence-corrected chi connectivity index (χ1v) is 9.00. The number of aliphatic hydroxyl groups excluding tert-OH is 1. The van der Waals surface area contributed by atoms with Crippen LogP contribution in [0, 0.1) is 0 Å². The number of rotatable bonds is 7. The molecule has 0 radical (unpaired) electrons. The zero-order chi connectivity index (χ0) is 18.6. The second-order valence-corrected chi connectivity index (χ2v) is 7.65. The van der Waals surface area contributed by atoms with Crippen LogP contribution < -0.4 is 5.32 Å². The Hall–Kier alpha value is -2.17. The van der Waals surface area contributed by atoms with Crippen molar-refractivity contribution in [1.82, 2.24) is 4.31 Å². The first-order chi connectivity index (χ1) is 11.8. The molecule has 1 aliphatic rings. The molecule has 1 saturated heterocycles. The van der Waals surface area contributed by atoms with Crippen molar-refractivity contribution < 1.29 is 32.6 Å². The summed E-state index contributed by atoms with van der Waals surface area (Å²) in [5, 5.41) is 11.7. The number of hydrogen-bond donors (Lipinski definition) is 2. The van der Waals surface area contributed by atoms with Gasteiger partial charge in [-0.05, 0) is 18.2 Å². The zero-order valence-electron chi connectivity index (χ0n) is 13.9. The van der Waals surface area contributed by atoms with Crippen LogP contribution in [0.2, 0.25) is 0 Å². The first kappa shape index (κ1) is 19.2. The molecular weight excluding hydrogens is 352 g/mol. The second-order valence-electron chi connectivity index (χ2n) is 5.50. The van der Waals surface area contributed by atoms with Gasteiger partial charge in [-0.15, -0.1) is 0 Å². The molecule has 0 saturated carbocycles. The third-order valence-electron chi connectivity index (χ3n) is 3.55. The average Bonchev–Trinajstić information content (AvgIpc) is 2.97. The van der Waals surface area contributed by atoms with Crippen molar-refractivity contribution >= 4 is 27.6 Å². The lowest BCUT2D eigenvalue weighted by molar-refractivity contribution is -0.145. The number of carbonyl (C=O) groups excluding carboxylic acids is 2. The van der Waals surface area contributed by atoms with Gasteiger partial charge in [0.2, 0.25) is 16.1 Å². The monoisotopic (exact) mass is 372 g/mol. The van der Waals surface area contributed by atoms with E-state index in [0.717, 1.165) is 4.31 Å². The Morgan fingerprint density at radius 2 is 2.16 bits per heavy atom. The molecule has 138 valence electrons. The van der Waals surface area contributed by atoms with Crippen LogP contribution in [0.1, 0.15) is 16.8 Å². The van der Waals surface area contributed by atoms with Crippen LogP contribution in [0.15, 0.2) is 23.1 Å². The van der Waals surface area contributed by atoms with Gasteiger partial charge < -0.3 is 19.9 Å². The van der Waals surface area contributed by atoms with Gasteiger partial charge >= 0.3 is 11.9 Å². The number of nitrogens with one attached hydrogen (secondary N) is 1. The lowest BCUT2D eigenvalue weighted by Crippen LogP contribution is -2.25. The van der Waals surface area contributed by atoms with E-state index in [9.17, 15) is 18.0 Å². The molecule has 2 N–H and O–H groups in total. The average molecular weight is 372 g/mol. The molecule has 0 unspecified atom stereocenters. The van der Waals surface area contributed by atoms with E-state index in [4.69, 9.17) is 14.6 Å². The highest BCUT2D eigenvalue weighted by Crippen LogP contribution is 2.24. The normalized spacial score (nSPS) is 17.4. The maximum atomic E-state index is 12.4. The highest BCUT2D eigenvalue weighted by molar-refractivity contribution is 7.89. The fraction of sp³-hybridized carbons (Fsp3) is 0.467. The van der Waals surface area contributed by atoms with Crippen LogP contribution >= 0.6 is 0 Å². The molecule has 1 fully saturated rings. The summed E-state index contributed by atoms with van der Waals surface area (Å²) in [5.41, 5.74) is 0.249. The Kier molecular flexibility index (Phi) is 5.98. The van der Waals surface area contributed by atoms with E-state index in [1.807, 2.05) is 0 Å². The minimum absolute atomic E-state index is 0.0453. The zero-order valence-corrected chi connectivity index (χ0v) is 14.7. The maximum absolute atomic E-state index is 12.4. The van der Waals surface area contributed by atoms with Crippen molar-refractivity contribution in [3.63, 3.8) is 0 Å². The molecule has 0 bridgehead atoms. The Morgan fingerprint density at radius 1 is 1.44 bits per heavy atom. The summed E-state index contributed by atoms with van der Waals surface area (Å²) in [6, 6.07) is 3.93. The number of esters is 2. The van der Waals surface area contributed by atoms with Gasteiger partial charge in [0.1, 0.15) is 0 Å². The van der Waals surface area contributed by atoms with Gasteiger partial charge in [-0.3, -0.25) is 0 Å². The Labute approximate surface area is 145 Å². The number of carbonyl (C=O) groups is 2. The molecule has 2 rings (SSSR count). The van der Waals surface area contributed by atoms with E-state index >= 15 is 0 Å². The molecule has 10 heteroatoms. The van der Waals surface area contributed by atoms with Gasteiger partial charge in [0, 0.05) is 32.7 Å². The van der Waals surface area contributed by atoms with Crippen LogP contribution in [-0.4, -0.2) is 69.7 Å². The first-order valence-electron chi connectivity index (χ1n) is 7.56. The fourth-order valence-electron chi connectivity index (χ4n) is 2.19. The SMILES string of the molecule is CN(C)S(=O)(=O)c1ccc(NCCO)c(C(=O)O[C@H]2CCOC2=O)c1. The highest BCUT2D eigenvalue weighted by atomic mass is 32.2. The number of aliphatic hydroxyl groups is 1. The maximum Gasteiger partial charge on any atom is 0.347 e. The summed E-state index contributed by atoms with van der Waals surface area (Å²) in [4.78, 5) is 23.8. The predicted octanol–water partition coefficient (Wildman–Crippen LogP) is -0.187. The van der Waals surface area contributed by atoms with Gasteiger partial charge in [-0.2, -0.15) is 0 Å². The standard InChI is InChI=1S/C15H20N2O7S/c1-17(2)25(21,22)10-3-4-12(16-6-7-18)11(9-10)14(19)24-13-5-8-23-15(13)20/h3-4,9,13,16,18H,5-8H2,1-2H3/t13-/m0/s1. The quantitative estimate of drug-likeness (QED) is 0.632. The number of sulfonamides is 1. The summed E-state index contributed by atoms with van der Waals surface area (Å²) in [5.74, 6) is -1.48. The van der Waals surface area contributed by atoms with E-state index in [1.54, 1.807) is 0 Å². The van der Waals surface area contributed by atoms with Crippen LogP contribution in [0.25, 0.3) is 0 Å². The third-order valence-corrected chi connectivity index (χ3v) is 5.36. The molecule has 0 amide bonds. The van der Waals surface area contributed by atoms with Gasteiger partial charge in [0.05, 0.1) is 23.7 Å². The van der Waals surface area contributed by atoms with Gasteiger partial charge in [-0.25, -0.2) is 22.3 Å². The number of anilines is 1. The molecule has 0 aromatic heterocycles. The Balaban J connectivity index is 2.36. The molecule has 25 heavy (non-hydrogen) atoms. The van der Waals surface area contributed by atoms with Gasteiger partial charge in [0.25, 0.3) is 0 Å². The van der Waals surface area contributed by atoms with E-state index in [2.05, 4.69) is 5.32 Å². The van der Waals surface area contributed by atoms with Gasteiger partial charge in [-0.1, -0.05) is 0 Å². The third kappa shape index (κ3) is 4.27. The summed E-state index contributed by atoms with van der Waals surface area (Å²) < 4.78 is 35.4. The molecule has 1 aromatic carbocycles. The predicted molar refractivity (Wildman–Crippen MR) is 87.7 cm³/mol.